The molecule has 1 rings (SSSR count). The fourth-order valence-corrected chi connectivity index (χ4v) is 2.55. The fraction of sp³-hybridized carbons (Fsp3) is 0.750. The maximum atomic E-state index is 11.0. The third-order valence-electron chi connectivity index (χ3n) is 3.96. The van der Waals surface area contributed by atoms with Crippen molar-refractivity contribution in [2.45, 2.75) is 51.6 Å². The molecular formula is C16H28NO5+. The third kappa shape index (κ3) is 4.71. The van der Waals surface area contributed by atoms with Gasteiger partial charge in [0, 0.05) is 6.42 Å². The minimum Gasteiger partial charge on any atom is -0.390 e. The topological polar surface area (TPSA) is 79.0 Å². The zero-order chi connectivity index (χ0) is 16.7. The highest BCUT2D eigenvalue weighted by molar-refractivity contribution is 5.56. The van der Waals surface area contributed by atoms with Crippen molar-refractivity contribution in [1.82, 2.24) is 0 Å². The van der Waals surface area contributed by atoms with E-state index in [-0.39, 0.29) is 6.61 Å². The molecule has 0 spiro atoms. The zero-order valence-corrected chi connectivity index (χ0v) is 13.6. The largest absolute Gasteiger partial charge is 0.390 e. The molecular weight excluding hydrogens is 286 g/mol. The van der Waals surface area contributed by atoms with Crippen molar-refractivity contribution in [1.29, 1.82) is 0 Å². The van der Waals surface area contributed by atoms with Crippen LogP contribution in [-0.4, -0.2) is 72.0 Å². The van der Waals surface area contributed by atoms with Gasteiger partial charge >= 0.3 is 0 Å². The van der Waals surface area contributed by atoms with Crippen LogP contribution in [0.3, 0.4) is 0 Å². The van der Waals surface area contributed by atoms with Crippen LogP contribution in [0.25, 0.3) is 0 Å². The molecule has 0 saturated carbocycles. The average Bonchev–Trinajstić information content (AvgIpc) is 2.49. The standard InChI is InChI=1S/C16H28NO5/c1-5-7-17(4)12(6-2)9-21-10-14-16(20)13(8-18)15(19)11(3)22-14/h6,8,11,13-16,19-20H,4-5,7,9-10H2,1-3H3/q+1/b12-6-/t11-,13+,14+,15-,16-/m0/s1. The van der Waals surface area contributed by atoms with Crippen LogP contribution in [0.5, 0.6) is 0 Å². The van der Waals surface area contributed by atoms with Gasteiger partial charge in [-0.05, 0) is 19.9 Å². The number of aliphatic hydroxyl groups is 2. The number of ether oxygens (including phenoxy) is 2. The Bertz CT molecular complexity index is 409. The zero-order valence-electron chi connectivity index (χ0n) is 13.6. The highest BCUT2D eigenvalue weighted by Gasteiger charge is 2.42. The van der Waals surface area contributed by atoms with Gasteiger partial charge in [-0.15, -0.1) is 0 Å². The van der Waals surface area contributed by atoms with Crippen LogP contribution in [0, 0.1) is 5.92 Å². The van der Waals surface area contributed by atoms with Crippen molar-refractivity contribution in [3.8, 4) is 0 Å². The molecule has 1 aliphatic rings. The Morgan fingerprint density at radius 2 is 2.09 bits per heavy atom. The molecule has 1 heterocycles. The van der Waals surface area contributed by atoms with Gasteiger partial charge < -0.3 is 24.5 Å². The molecule has 0 bridgehead atoms. The molecule has 0 aromatic carbocycles. The first-order valence-corrected chi connectivity index (χ1v) is 7.74. The monoisotopic (exact) mass is 314 g/mol. The first kappa shape index (κ1) is 19.0. The summed E-state index contributed by atoms with van der Waals surface area (Å²) in [6, 6.07) is 0. The second-order valence-electron chi connectivity index (χ2n) is 5.63. The highest BCUT2D eigenvalue weighted by atomic mass is 16.6. The Morgan fingerprint density at radius 1 is 1.41 bits per heavy atom. The van der Waals surface area contributed by atoms with E-state index in [1.807, 2.05) is 17.6 Å². The number of hydrogen-bond acceptors (Lipinski definition) is 5. The van der Waals surface area contributed by atoms with E-state index in [1.165, 1.54) is 0 Å². The van der Waals surface area contributed by atoms with Crippen LogP contribution in [-0.2, 0) is 14.3 Å². The van der Waals surface area contributed by atoms with Gasteiger partial charge in [-0.3, -0.25) is 0 Å². The van der Waals surface area contributed by atoms with E-state index in [0.29, 0.717) is 12.9 Å². The first-order valence-electron chi connectivity index (χ1n) is 7.74. The number of allylic oxidation sites excluding steroid dienone is 1. The second kappa shape index (κ2) is 9.15. The van der Waals surface area contributed by atoms with Gasteiger partial charge in [-0.2, -0.15) is 0 Å². The molecule has 22 heavy (non-hydrogen) atoms. The van der Waals surface area contributed by atoms with E-state index in [2.05, 4.69) is 13.6 Å². The van der Waals surface area contributed by atoms with E-state index in [4.69, 9.17) is 9.47 Å². The lowest BCUT2D eigenvalue weighted by atomic mass is 9.88. The number of aldehydes is 1. The van der Waals surface area contributed by atoms with Crippen LogP contribution in [0.2, 0.25) is 0 Å². The Hall–Kier alpha value is -1.08. The van der Waals surface area contributed by atoms with Gasteiger partial charge in [0.2, 0.25) is 5.70 Å². The smallest absolute Gasteiger partial charge is 0.202 e. The lowest BCUT2D eigenvalue weighted by molar-refractivity contribution is -0.473. The normalized spacial score (nSPS) is 32.8. The Balaban J connectivity index is 2.53. The number of hydrogen-bond donors (Lipinski definition) is 2. The summed E-state index contributed by atoms with van der Waals surface area (Å²) < 4.78 is 13.0. The van der Waals surface area contributed by atoms with Crippen LogP contribution in [0.1, 0.15) is 27.2 Å². The second-order valence-corrected chi connectivity index (χ2v) is 5.63. The maximum absolute atomic E-state index is 11.0. The number of aliphatic hydroxyl groups excluding tert-OH is 2. The molecule has 126 valence electrons. The summed E-state index contributed by atoms with van der Waals surface area (Å²) in [5.74, 6) is -0.844. The fourth-order valence-electron chi connectivity index (χ4n) is 2.55. The lowest BCUT2D eigenvalue weighted by Gasteiger charge is -2.39. The lowest BCUT2D eigenvalue weighted by Crippen LogP contribution is -2.55. The van der Waals surface area contributed by atoms with Crippen molar-refractivity contribution >= 4 is 13.0 Å². The van der Waals surface area contributed by atoms with Gasteiger partial charge in [0.1, 0.15) is 32.3 Å². The summed E-state index contributed by atoms with van der Waals surface area (Å²) in [6.07, 6.45) is 0.300. The molecule has 0 aromatic rings. The molecule has 0 amide bonds. The van der Waals surface area contributed by atoms with Crippen molar-refractivity contribution in [2.24, 2.45) is 5.92 Å². The minimum atomic E-state index is -1.07. The molecule has 5 atom stereocenters. The summed E-state index contributed by atoms with van der Waals surface area (Å²) in [7, 11) is 0. The maximum Gasteiger partial charge on any atom is 0.202 e. The molecule has 6 heteroatoms. The Labute approximate surface area is 132 Å². The summed E-state index contributed by atoms with van der Waals surface area (Å²) in [5, 5.41) is 19.9. The van der Waals surface area contributed by atoms with Crippen LogP contribution in [0.15, 0.2) is 11.8 Å². The predicted molar refractivity (Wildman–Crippen MR) is 83.0 cm³/mol. The number of nitrogens with zero attached hydrogens (tertiary/aromatic N) is 1. The highest BCUT2D eigenvalue weighted by Crippen LogP contribution is 2.25. The molecule has 0 aromatic heterocycles. The van der Waals surface area contributed by atoms with Crippen LogP contribution >= 0.6 is 0 Å². The van der Waals surface area contributed by atoms with Gasteiger partial charge in [-0.25, -0.2) is 4.58 Å². The summed E-state index contributed by atoms with van der Waals surface area (Å²) >= 11 is 0. The number of rotatable bonds is 8. The van der Waals surface area contributed by atoms with Crippen molar-refractivity contribution in [3.63, 3.8) is 0 Å². The van der Waals surface area contributed by atoms with Gasteiger partial charge in [0.05, 0.1) is 30.8 Å². The van der Waals surface area contributed by atoms with E-state index >= 15 is 0 Å². The van der Waals surface area contributed by atoms with E-state index < -0.39 is 30.3 Å². The van der Waals surface area contributed by atoms with Crippen molar-refractivity contribution in [2.75, 3.05) is 19.8 Å². The summed E-state index contributed by atoms with van der Waals surface area (Å²) in [5.41, 5.74) is 0.951. The molecule has 1 fully saturated rings. The van der Waals surface area contributed by atoms with Gasteiger partial charge in [0.25, 0.3) is 0 Å². The Kier molecular flexibility index (Phi) is 7.89. The molecule has 1 aliphatic heterocycles. The van der Waals surface area contributed by atoms with Gasteiger partial charge in [-0.1, -0.05) is 6.92 Å². The number of carbonyl (C=O) groups is 1. The molecule has 0 aliphatic carbocycles. The quantitative estimate of drug-likeness (QED) is 0.384. The molecule has 6 nitrogen and oxygen atoms in total. The van der Waals surface area contributed by atoms with E-state index in [9.17, 15) is 15.0 Å². The molecule has 2 N–H and O–H groups in total. The third-order valence-corrected chi connectivity index (χ3v) is 3.96. The first-order chi connectivity index (χ1) is 10.5. The van der Waals surface area contributed by atoms with E-state index in [1.54, 1.807) is 6.92 Å². The average molecular weight is 314 g/mol. The molecule has 1 saturated heterocycles. The SMILES string of the molecule is C=[N+](CCC)/C(=C\C)COC[C@H]1O[C@@H](C)[C@H](O)[C@@H](C=O)[C@@H]1O. The predicted octanol–water partition coefficient (Wildman–Crippen LogP) is 0.354. The summed E-state index contributed by atoms with van der Waals surface area (Å²) in [6.45, 7) is 11.0. The number of carbonyl (C=O) groups excluding carboxylic acids is 1. The minimum absolute atomic E-state index is 0.153. The van der Waals surface area contributed by atoms with Gasteiger partial charge in [0.15, 0.2) is 0 Å². The summed E-state index contributed by atoms with van der Waals surface area (Å²) in [4.78, 5) is 11.0. The van der Waals surface area contributed by atoms with Crippen LogP contribution in [0.4, 0.5) is 0 Å². The van der Waals surface area contributed by atoms with Crippen molar-refractivity contribution < 1.29 is 29.1 Å². The molecule has 0 unspecified atom stereocenters. The van der Waals surface area contributed by atoms with Crippen molar-refractivity contribution in [3.05, 3.63) is 11.8 Å². The van der Waals surface area contributed by atoms with E-state index in [0.717, 1.165) is 18.7 Å². The Morgan fingerprint density at radius 3 is 2.64 bits per heavy atom. The van der Waals surface area contributed by atoms with Crippen LogP contribution < -0.4 is 0 Å². The molecule has 0 radical (unpaired) electrons.